The highest BCUT2D eigenvalue weighted by Crippen LogP contribution is 2.23. The lowest BCUT2D eigenvalue weighted by atomic mass is 10.1. The fraction of sp³-hybridized carbons (Fsp3) is 0.611. The first kappa shape index (κ1) is 23.3. The number of nitrogens with two attached hydrogens (primary N) is 1. The Morgan fingerprint density at radius 1 is 1.26 bits per heavy atom. The summed E-state index contributed by atoms with van der Waals surface area (Å²) in [7, 11) is -3.49. The third-order valence-corrected chi connectivity index (χ3v) is 5.30. The molecule has 0 fully saturated rings. The lowest BCUT2D eigenvalue weighted by molar-refractivity contribution is -0.142. The number of carbonyl (C=O) groups is 1. The van der Waals surface area contributed by atoms with E-state index in [1.807, 2.05) is 6.92 Å². The number of hydrogen-bond donors (Lipinski definition) is 2. The molecular formula is C18H29FN2O5S. The molecule has 1 aromatic carbocycles. The molecule has 0 radical (unpaired) electrons. The van der Waals surface area contributed by atoms with Crippen LogP contribution in [-0.2, 0) is 19.6 Å². The van der Waals surface area contributed by atoms with Gasteiger partial charge in [0.2, 0.25) is 10.0 Å². The van der Waals surface area contributed by atoms with Crippen LogP contribution in [0.15, 0.2) is 18.2 Å². The summed E-state index contributed by atoms with van der Waals surface area (Å²) in [5.41, 5.74) is 5.74. The van der Waals surface area contributed by atoms with Crippen molar-refractivity contribution in [2.24, 2.45) is 5.73 Å². The maximum atomic E-state index is 13.7. The van der Waals surface area contributed by atoms with E-state index in [4.69, 9.17) is 15.2 Å². The minimum absolute atomic E-state index is 0.0391. The highest BCUT2D eigenvalue weighted by molar-refractivity contribution is 7.89. The number of rotatable bonds is 13. The number of benzene rings is 1. The molecule has 0 aliphatic heterocycles. The van der Waals surface area contributed by atoms with Crippen molar-refractivity contribution >= 4 is 16.0 Å². The lowest BCUT2D eigenvalue weighted by Gasteiger charge is -2.16. The summed E-state index contributed by atoms with van der Waals surface area (Å²) in [5.74, 6) is -0.868. The van der Waals surface area contributed by atoms with Gasteiger partial charge in [0.1, 0.15) is 0 Å². The minimum Gasteiger partial charge on any atom is -0.491 e. The van der Waals surface area contributed by atoms with Gasteiger partial charge in [0.25, 0.3) is 0 Å². The predicted octanol–water partition coefficient (Wildman–Crippen LogP) is 2.27. The van der Waals surface area contributed by atoms with Crippen LogP contribution in [0.2, 0.25) is 0 Å². The summed E-state index contributed by atoms with van der Waals surface area (Å²) in [6, 6.07) is 3.82. The van der Waals surface area contributed by atoms with Gasteiger partial charge >= 0.3 is 5.97 Å². The Kier molecular flexibility index (Phi) is 10.3. The van der Waals surface area contributed by atoms with Crippen LogP contribution in [-0.4, -0.2) is 39.9 Å². The van der Waals surface area contributed by atoms with Gasteiger partial charge in [0, 0.05) is 6.04 Å². The molecule has 0 saturated carbocycles. The first-order chi connectivity index (χ1) is 12.8. The molecule has 1 aromatic rings. The maximum Gasteiger partial charge on any atom is 0.319 e. The molecule has 3 N–H and O–H groups in total. The van der Waals surface area contributed by atoms with Gasteiger partial charge in [-0.15, -0.1) is 0 Å². The van der Waals surface area contributed by atoms with E-state index < -0.39 is 27.9 Å². The third kappa shape index (κ3) is 9.16. The molecule has 0 aliphatic rings. The fourth-order valence-electron chi connectivity index (χ4n) is 2.32. The Balaban J connectivity index is 2.47. The molecule has 7 nitrogen and oxygen atoms in total. The molecule has 0 aromatic heterocycles. The van der Waals surface area contributed by atoms with Crippen LogP contribution in [0.4, 0.5) is 4.39 Å². The molecule has 0 heterocycles. The van der Waals surface area contributed by atoms with Crippen LogP contribution in [0.5, 0.6) is 5.75 Å². The van der Waals surface area contributed by atoms with E-state index in [-0.39, 0.29) is 24.7 Å². The normalized spacial score (nSPS) is 12.6. The Hall–Kier alpha value is -1.71. The fourth-order valence-corrected chi connectivity index (χ4v) is 3.70. The van der Waals surface area contributed by atoms with E-state index in [1.165, 1.54) is 18.2 Å². The van der Waals surface area contributed by atoms with Gasteiger partial charge in [-0.25, -0.2) is 17.5 Å². The standard InChI is InChI=1S/C18H29FN2O5S/c1-3-9-25-17-12-15(7-8-16(17)19)14(2)21-27(23,24)11-6-4-5-10-26-18(22)13-20/h7-8,12,14,21H,3-6,9-11,13,20H2,1-2H3. The molecule has 1 rings (SSSR count). The summed E-state index contributed by atoms with van der Waals surface area (Å²) in [4.78, 5) is 10.9. The van der Waals surface area contributed by atoms with Gasteiger partial charge in [-0.3, -0.25) is 4.79 Å². The van der Waals surface area contributed by atoms with Crippen molar-refractivity contribution in [3.63, 3.8) is 0 Å². The molecule has 0 aliphatic carbocycles. The largest absolute Gasteiger partial charge is 0.491 e. The SMILES string of the molecule is CCCOc1cc(C(C)NS(=O)(=O)CCCCCOC(=O)CN)ccc1F. The highest BCUT2D eigenvalue weighted by atomic mass is 32.2. The number of unbranched alkanes of at least 4 members (excludes halogenated alkanes) is 2. The summed E-state index contributed by atoms with van der Waals surface area (Å²) in [6.07, 6.45) is 2.37. The monoisotopic (exact) mass is 404 g/mol. The molecule has 0 spiro atoms. The average Bonchev–Trinajstić information content (AvgIpc) is 2.63. The van der Waals surface area contributed by atoms with E-state index in [0.717, 1.165) is 6.42 Å². The molecule has 9 heteroatoms. The molecular weight excluding hydrogens is 375 g/mol. The topological polar surface area (TPSA) is 108 Å². The molecule has 27 heavy (non-hydrogen) atoms. The van der Waals surface area contributed by atoms with Crippen LogP contribution >= 0.6 is 0 Å². The molecule has 0 saturated heterocycles. The number of carbonyl (C=O) groups excluding carboxylic acids is 1. The van der Waals surface area contributed by atoms with Crippen LogP contribution in [0.1, 0.15) is 51.1 Å². The first-order valence-electron chi connectivity index (χ1n) is 9.07. The van der Waals surface area contributed by atoms with Gasteiger partial charge in [0.15, 0.2) is 11.6 Å². The van der Waals surface area contributed by atoms with Crippen molar-refractivity contribution < 1.29 is 27.1 Å². The zero-order valence-corrected chi connectivity index (χ0v) is 16.7. The number of halogens is 1. The zero-order chi connectivity index (χ0) is 20.3. The zero-order valence-electron chi connectivity index (χ0n) is 15.9. The van der Waals surface area contributed by atoms with E-state index >= 15 is 0 Å². The number of esters is 1. The Bertz CT molecular complexity index is 697. The van der Waals surface area contributed by atoms with Crippen molar-refractivity contribution in [1.82, 2.24) is 4.72 Å². The van der Waals surface area contributed by atoms with E-state index in [9.17, 15) is 17.6 Å². The second kappa shape index (κ2) is 11.9. The van der Waals surface area contributed by atoms with E-state index in [2.05, 4.69) is 4.72 Å². The molecule has 1 atom stereocenters. The van der Waals surface area contributed by atoms with Gasteiger partial charge in [-0.2, -0.15) is 0 Å². The summed E-state index contributed by atoms with van der Waals surface area (Å²) < 4.78 is 50.9. The quantitative estimate of drug-likeness (QED) is 0.386. The first-order valence-corrected chi connectivity index (χ1v) is 10.7. The van der Waals surface area contributed by atoms with Crippen molar-refractivity contribution in [2.45, 2.75) is 45.6 Å². The van der Waals surface area contributed by atoms with Gasteiger partial charge < -0.3 is 15.2 Å². The number of hydrogen-bond acceptors (Lipinski definition) is 6. The van der Waals surface area contributed by atoms with Crippen molar-refractivity contribution in [3.05, 3.63) is 29.6 Å². The minimum atomic E-state index is -3.49. The number of sulfonamides is 1. The second-order valence-corrected chi connectivity index (χ2v) is 8.06. The van der Waals surface area contributed by atoms with Crippen molar-refractivity contribution in [3.8, 4) is 5.75 Å². The highest BCUT2D eigenvalue weighted by Gasteiger charge is 2.17. The molecule has 1 unspecified atom stereocenters. The summed E-state index contributed by atoms with van der Waals surface area (Å²) in [5, 5.41) is 0. The van der Waals surface area contributed by atoms with E-state index in [0.29, 0.717) is 31.4 Å². The predicted molar refractivity (Wildman–Crippen MR) is 101 cm³/mol. The van der Waals surface area contributed by atoms with Crippen LogP contribution in [0, 0.1) is 5.82 Å². The lowest BCUT2D eigenvalue weighted by Crippen LogP contribution is -2.29. The van der Waals surface area contributed by atoms with Crippen LogP contribution in [0.3, 0.4) is 0 Å². The van der Waals surface area contributed by atoms with Crippen molar-refractivity contribution in [1.29, 1.82) is 0 Å². The molecule has 154 valence electrons. The van der Waals surface area contributed by atoms with Gasteiger partial charge in [0.05, 0.1) is 25.5 Å². The summed E-state index contributed by atoms with van der Waals surface area (Å²) >= 11 is 0. The van der Waals surface area contributed by atoms with Crippen LogP contribution < -0.4 is 15.2 Å². The Labute approximate surface area is 160 Å². The Morgan fingerprint density at radius 2 is 2.00 bits per heavy atom. The van der Waals surface area contributed by atoms with Crippen LogP contribution in [0.25, 0.3) is 0 Å². The van der Waals surface area contributed by atoms with Crippen molar-refractivity contribution in [2.75, 3.05) is 25.5 Å². The van der Waals surface area contributed by atoms with E-state index in [1.54, 1.807) is 6.92 Å². The number of ether oxygens (including phenoxy) is 2. The maximum absolute atomic E-state index is 13.7. The van der Waals surface area contributed by atoms with Gasteiger partial charge in [-0.05, 0) is 50.3 Å². The van der Waals surface area contributed by atoms with Gasteiger partial charge in [-0.1, -0.05) is 13.0 Å². The summed E-state index contributed by atoms with van der Waals surface area (Å²) in [6.45, 7) is 4.07. The molecule has 0 bridgehead atoms. The third-order valence-electron chi connectivity index (χ3n) is 3.76. The smallest absolute Gasteiger partial charge is 0.319 e. The number of nitrogens with one attached hydrogen (secondary N) is 1. The average molecular weight is 405 g/mol. The Morgan fingerprint density at radius 3 is 2.67 bits per heavy atom. The second-order valence-electron chi connectivity index (χ2n) is 6.18. The molecule has 0 amide bonds.